The molecule has 1 N–H and O–H groups in total. The van der Waals surface area contributed by atoms with E-state index in [9.17, 15) is 0 Å². The molecule has 1 aromatic heterocycles. The average Bonchev–Trinajstić information content (AvgIpc) is 2.74. The van der Waals surface area contributed by atoms with Gasteiger partial charge in [-0.1, -0.05) is 34.6 Å². The van der Waals surface area contributed by atoms with E-state index in [4.69, 9.17) is 0 Å². The molecule has 0 aromatic carbocycles. The molecule has 0 aliphatic heterocycles. The summed E-state index contributed by atoms with van der Waals surface area (Å²) in [5.74, 6) is 0.675. The highest BCUT2D eigenvalue weighted by atomic mass is 15.3. The van der Waals surface area contributed by atoms with E-state index in [1.165, 1.54) is 12.1 Å². The Hall–Kier alpha value is -0.830. The van der Waals surface area contributed by atoms with Gasteiger partial charge in [0, 0.05) is 12.7 Å². The molecule has 108 valence electrons. The van der Waals surface area contributed by atoms with Gasteiger partial charge < -0.3 is 5.32 Å². The Morgan fingerprint density at radius 2 is 1.89 bits per heavy atom. The van der Waals surface area contributed by atoms with E-state index in [-0.39, 0.29) is 0 Å². The lowest BCUT2D eigenvalue weighted by atomic mass is 10.0. The monoisotopic (exact) mass is 263 g/mol. The second-order valence-electron chi connectivity index (χ2n) is 6.92. The Bertz CT molecular complexity index is 417. The van der Waals surface area contributed by atoms with Crippen molar-refractivity contribution in [1.29, 1.82) is 0 Å². The zero-order valence-electron chi connectivity index (χ0n) is 13.3. The Labute approximate surface area is 117 Å². The number of hydrogen-bond acceptors (Lipinski definition) is 2. The van der Waals surface area contributed by atoms with Crippen molar-refractivity contribution in [3.63, 3.8) is 0 Å². The van der Waals surface area contributed by atoms with Gasteiger partial charge in [-0.15, -0.1) is 0 Å². The van der Waals surface area contributed by atoms with Crippen LogP contribution in [0.2, 0.25) is 0 Å². The number of hydrogen-bond donors (Lipinski definition) is 1. The highest BCUT2D eigenvalue weighted by Crippen LogP contribution is 2.72. The van der Waals surface area contributed by atoms with Gasteiger partial charge in [0.2, 0.25) is 0 Å². The lowest BCUT2D eigenvalue weighted by Crippen LogP contribution is -2.28. The third-order valence-electron chi connectivity index (χ3n) is 5.45. The molecule has 3 heteroatoms. The van der Waals surface area contributed by atoms with Crippen LogP contribution in [0, 0.1) is 16.7 Å². The molecule has 1 saturated carbocycles. The molecule has 2 rings (SSSR count). The maximum Gasteiger partial charge on any atom is 0.0556 e. The first-order valence-electron chi connectivity index (χ1n) is 7.63. The van der Waals surface area contributed by atoms with Crippen molar-refractivity contribution in [2.75, 3.05) is 6.54 Å². The molecule has 1 fully saturated rings. The minimum atomic E-state index is 0.390. The summed E-state index contributed by atoms with van der Waals surface area (Å²) in [6, 6.07) is 2.61. The smallest absolute Gasteiger partial charge is 0.0556 e. The predicted octanol–water partition coefficient (Wildman–Crippen LogP) is 3.63. The van der Waals surface area contributed by atoms with Gasteiger partial charge in [-0.2, -0.15) is 5.10 Å². The summed E-state index contributed by atoms with van der Waals surface area (Å²) >= 11 is 0. The molecule has 0 spiro atoms. The SMILES string of the molecule is CCCNC(c1ccnn1CC)C1C(C)(C)C1(C)C. The maximum absolute atomic E-state index is 4.45. The summed E-state index contributed by atoms with van der Waals surface area (Å²) in [7, 11) is 0. The average molecular weight is 263 g/mol. The molecule has 0 radical (unpaired) electrons. The summed E-state index contributed by atoms with van der Waals surface area (Å²) < 4.78 is 2.14. The minimum Gasteiger partial charge on any atom is -0.308 e. The summed E-state index contributed by atoms with van der Waals surface area (Å²) in [5, 5.41) is 8.20. The van der Waals surface area contributed by atoms with E-state index < -0.39 is 0 Å². The van der Waals surface area contributed by atoms with Gasteiger partial charge in [-0.05, 0) is 42.7 Å². The van der Waals surface area contributed by atoms with Crippen LogP contribution in [0.15, 0.2) is 12.3 Å². The van der Waals surface area contributed by atoms with Crippen molar-refractivity contribution >= 4 is 0 Å². The number of rotatable bonds is 6. The highest BCUT2D eigenvalue weighted by Gasteiger charge is 2.67. The second-order valence-corrected chi connectivity index (χ2v) is 6.92. The minimum absolute atomic E-state index is 0.390. The van der Waals surface area contributed by atoms with Crippen LogP contribution in [0.25, 0.3) is 0 Å². The quantitative estimate of drug-likeness (QED) is 0.849. The highest BCUT2D eigenvalue weighted by molar-refractivity contribution is 5.22. The first-order chi connectivity index (χ1) is 8.87. The molecule has 19 heavy (non-hydrogen) atoms. The third-order valence-corrected chi connectivity index (χ3v) is 5.45. The van der Waals surface area contributed by atoms with Crippen LogP contribution in [0.3, 0.4) is 0 Å². The normalized spacial score (nSPS) is 22.4. The van der Waals surface area contributed by atoms with Crippen molar-refractivity contribution < 1.29 is 0 Å². The van der Waals surface area contributed by atoms with Crippen molar-refractivity contribution in [3.05, 3.63) is 18.0 Å². The molecule has 1 heterocycles. The number of nitrogens with one attached hydrogen (secondary N) is 1. The van der Waals surface area contributed by atoms with E-state index in [2.05, 4.69) is 62.7 Å². The molecule has 1 atom stereocenters. The van der Waals surface area contributed by atoms with E-state index in [0.717, 1.165) is 13.1 Å². The van der Waals surface area contributed by atoms with E-state index in [1.54, 1.807) is 0 Å². The Balaban J connectivity index is 2.28. The largest absolute Gasteiger partial charge is 0.308 e. The fourth-order valence-corrected chi connectivity index (χ4v) is 3.65. The van der Waals surface area contributed by atoms with Crippen molar-refractivity contribution in [3.8, 4) is 0 Å². The Morgan fingerprint density at radius 1 is 1.26 bits per heavy atom. The number of aromatic nitrogens is 2. The lowest BCUT2D eigenvalue weighted by molar-refractivity contribution is 0.383. The zero-order chi connectivity index (χ0) is 14.3. The molecule has 1 aromatic rings. The third kappa shape index (κ3) is 2.22. The topological polar surface area (TPSA) is 29.9 Å². The van der Waals surface area contributed by atoms with Crippen LogP contribution in [-0.4, -0.2) is 16.3 Å². The molecule has 0 bridgehead atoms. The first-order valence-corrected chi connectivity index (χ1v) is 7.63. The molecule has 0 saturated heterocycles. The molecule has 1 aliphatic carbocycles. The predicted molar refractivity (Wildman–Crippen MR) is 80.0 cm³/mol. The standard InChI is InChI=1S/C16H29N3/c1-7-10-17-13(12-9-11-18-19(12)8-2)14-15(3,4)16(14,5)6/h9,11,13-14,17H,7-8,10H2,1-6H3. The molecular weight excluding hydrogens is 234 g/mol. The molecule has 1 aliphatic rings. The van der Waals surface area contributed by atoms with Crippen molar-refractivity contribution in [1.82, 2.24) is 15.1 Å². The Morgan fingerprint density at radius 3 is 2.37 bits per heavy atom. The number of nitrogens with zero attached hydrogens (tertiary/aromatic N) is 2. The van der Waals surface area contributed by atoms with Gasteiger partial charge >= 0.3 is 0 Å². The van der Waals surface area contributed by atoms with E-state index in [0.29, 0.717) is 22.8 Å². The fraction of sp³-hybridized carbons (Fsp3) is 0.812. The second kappa shape index (κ2) is 4.93. The fourth-order valence-electron chi connectivity index (χ4n) is 3.65. The van der Waals surface area contributed by atoms with Gasteiger partial charge in [0.1, 0.15) is 0 Å². The van der Waals surface area contributed by atoms with Crippen LogP contribution >= 0.6 is 0 Å². The van der Waals surface area contributed by atoms with Crippen LogP contribution in [-0.2, 0) is 6.54 Å². The zero-order valence-corrected chi connectivity index (χ0v) is 13.3. The molecular formula is C16H29N3. The van der Waals surface area contributed by atoms with Gasteiger partial charge in [0.15, 0.2) is 0 Å². The van der Waals surface area contributed by atoms with Crippen LogP contribution in [0.4, 0.5) is 0 Å². The van der Waals surface area contributed by atoms with Crippen molar-refractivity contribution in [2.45, 2.75) is 60.5 Å². The van der Waals surface area contributed by atoms with Gasteiger partial charge in [0.05, 0.1) is 11.7 Å². The van der Waals surface area contributed by atoms with E-state index in [1.807, 2.05) is 6.20 Å². The van der Waals surface area contributed by atoms with Gasteiger partial charge in [-0.25, -0.2) is 0 Å². The van der Waals surface area contributed by atoms with Crippen LogP contribution < -0.4 is 5.32 Å². The molecule has 3 nitrogen and oxygen atoms in total. The molecule has 0 amide bonds. The van der Waals surface area contributed by atoms with Crippen molar-refractivity contribution in [2.24, 2.45) is 16.7 Å². The van der Waals surface area contributed by atoms with Crippen LogP contribution in [0.1, 0.15) is 59.7 Å². The maximum atomic E-state index is 4.45. The Kier molecular flexibility index (Phi) is 3.78. The van der Waals surface area contributed by atoms with Crippen LogP contribution in [0.5, 0.6) is 0 Å². The summed E-state index contributed by atoms with van der Waals surface area (Å²) in [6.07, 6.45) is 3.10. The van der Waals surface area contributed by atoms with Gasteiger partial charge in [0.25, 0.3) is 0 Å². The summed E-state index contributed by atoms with van der Waals surface area (Å²) in [5.41, 5.74) is 2.13. The first kappa shape index (κ1) is 14.6. The summed E-state index contributed by atoms with van der Waals surface area (Å²) in [6.45, 7) is 16.0. The number of aryl methyl sites for hydroxylation is 1. The van der Waals surface area contributed by atoms with E-state index >= 15 is 0 Å². The lowest BCUT2D eigenvalue weighted by Gasteiger charge is -2.22. The van der Waals surface area contributed by atoms with Gasteiger partial charge in [-0.3, -0.25) is 4.68 Å². The molecule has 1 unspecified atom stereocenters. The summed E-state index contributed by atoms with van der Waals surface area (Å²) in [4.78, 5) is 0.